The summed E-state index contributed by atoms with van der Waals surface area (Å²) in [5, 5.41) is 0. The van der Waals surface area contributed by atoms with Crippen molar-refractivity contribution in [3.8, 4) is 0 Å². The topological polar surface area (TPSA) is 116 Å². The number of anilines is 1. The second-order valence-corrected chi connectivity index (χ2v) is 9.75. The molecule has 0 spiro atoms. The van der Waals surface area contributed by atoms with E-state index in [0.29, 0.717) is 11.3 Å². The van der Waals surface area contributed by atoms with Crippen LogP contribution < -0.4 is 15.8 Å². The number of para-hydroxylation sites is 1. The van der Waals surface area contributed by atoms with E-state index in [2.05, 4.69) is 0 Å². The number of carbonyl (C=O) groups is 3. The highest BCUT2D eigenvalue weighted by atomic mass is 32.2. The first-order valence-electron chi connectivity index (χ1n) is 10.0. The lowest BCUT2D eigenvalue weighted by Gasteiger charge is -2.33. The average Bonchev–Trinajstić information content (AvgIpc) is 2.80. The maximum atomic E-state index is 13.2. The van der Waals surface area contributed by atoms with E-state index in [1.807, 2.05) is 0 Å². The van der Waals surface area contributed by atoms with Crippen LogP contribution in [0.2, 0.25) is 0 Å². The van der Waals surface area contributed by atoms with Crippen LogP contribution in [0.5, 0.6) is 0 Å². The minimum Gasteiger partial charge on any atom is -0.322 e. The summed E-state index contributed by atoms with van der Waals surface area (Å²) in [5.74, 6) is -3.48. The van der Waals surface area contributed by atoms with Gasteiger partial charge in [0.2, 0.25) is 0 Å². The van der Waals surface area contributed by atoms with Gasteiger partial charge in [0.15, 0.2) is 9.84 Å². The normalized spacial score (nSPS) is 15.3. The minimum absolute atomic E-state index is 0.00921. The van der Waals surface area contributed by atoms with Gasteiger partial charge in [-0.15, -0.1) is 0 Å². The maximum absolute atomic E-state index is 13.2. The predicted octanol–water partition coefficient (Wildman–Crippen LogP) is 1.87. The Morgan fingerprint density at radius 2 is 1.50 bits per heavy atom. The first-order chi connectivity index (χ1) is 16.0. The van der Waals surface area contributed by atoms with Gasteiger partial charge in [0, 0.05) is 24.3 Å². The monoisotopic (exact) mass is 498 g/mol. The molecule has 2 aromatic rings. The van der Waals surface area contributed by atoms with Crippen LogP contribution in [0.1, 0.15) is 15.9 Å². The van der Waals surface area contributed by atoms with Crippen molar-refractivity contribution in [2.45, 2.75) is 12.7 Å². The molecule has 0 aliphatic carbocycles. The lowest BCUT2D eigenvalue weighted by Crippen LogP contribution is -2.49. The summed E-state index contributed by atoms with van der Waals surface area (Å²) in [6, 6.07) is 14.1. The van der Waals surface area contributed by atoms with E-state index >= 15 is 0 Å². The smallest absolute Gasteiger partial charge is 0.322 e. The summed E-state index contributed by atoms with van der Waals surface area (Å²) < 4.78 is 60.1. The van der Waals surface area contributed by atoms with E-state index in [1.165, 1.54) is 39.5 Å². The molecule has 3 rings (SSSR count). The molecule has 2 N–H and O–H groups in total. The number of alkyl halides is 3. The van der Waals surface area contributed by atoms with Crippen molar-refractivity contribution in [2.75, 3.05) is 29.5 Å². The van der Waals surface area contributed by atoms with Gasteiger partial charge in [-0.3, -0.25) is 25.3 Å². The fourth-order valence-electron chi connectivity index (χ4n) is 3.15. The van der Waals surface area contributed by atoms with E-state index in [-0.39, 0.29) is 42.7 Å². The standard InChI is InChI=1S/C21H21F3N4O5S/c22-21(23,24)19(30)26-25-18(29)16-8-6-15(7-9-16)14-28(17-4-2-1-3-5-17)20(31)27-10-12-34(32,33)13-11-27/h1-9H,10-14H2,(H,25,29)(H,26,30). The first-order valence-corrected chi connectivity index (χ1v) is 11.9. The lowest BCUT2D eigenvalue weighted by molar-refractivity contribution is -0.174. The van der Waals surface area contributed by atoms with Crippen LogP contribution in [-0.4, -0.2) is 61.9 Å². The van der Waals surface area contributed by atoms with Gasteiger partial charge < -0.3 is 4.90 Å². The number of nitrogens with zero attached hydrogens (tertiary/aromatic N) is 2. The summed E-state index contributed by atoms with van der Waals surface area (Å²) >= 11 is 0. The van der Waals surface area contributed by atoms with Crippen molar-refractivity contribution in [1.29, 1.82) is 0 Å². The molecule has 4 amide bonds. The van der Waals surface area contributed by atoms with Crippen LogP contribution in [0.3, 0.4) is 0 Å². The number of urea groups is 1. The second-order valence-electron chi connectivity index (χ2n) is 7.45. The highest BCUT2D eigenvalue weighted by molar-refractivity contribution is 7.91. The third-order valence-electron chi connectivity index (χ3n) is 5.02. The van der Waals surface area contributed by atoms with Crippen LogP contribution in [-0.2, 0) is 21.2 Å². The Morgan fingerprint density at radius 3 is 2.06 bits per heavy atom. The lowest BCUT2D eigenvalue weighted by atomic mass is 10.1. The zero-order chi connectivity index (χ0) is 24.9. The minimum atomic E-state index is -5.14. The fourth-order valence-corrected chi connectivity index (χ4v) is 4.35. The number of sulfone groups is 1. The molecule has 1 heterocycles. The summed E-state index contributed by atoms with van der Waals surface area (Å²) in [5.41, 5.74) is 4.14. The molecule has 0 aromatic heterocycles. The predicted molar refractivity (Wildman–Crippen MR) is 116 cm³/mol. The highest BCUT2D eigenvalue weighted by Gasteiger charge is 2.39. The van der Waals surface area contributed by atoms with Crippen molar-refractivity contribution < 1.29 is 36.0 Å². The molecule has 2 aromatic carbocycles. The van der Waals surface area contributed by atoms with Gasteiger partial charge in [0.25, 0.3) is 5.91 Å². The molecule has 0 radical (unpaired) electrons. The summed E-state index contributed by atoms with van der Waals surface area (Å²) in [4.78, 5) is 38.9. The van der Waals surface area contributed by atoms with Crippen LogP contribution >= 0.6 is 0 Å². The number of rotatable bonds is 4. The summed E-state index contributed by atoms with van der Waals surface area (Å²) in [6.07, 6.45) is -5.14. The van der Waals surface area contributed by atoms with Gasteiger partial charge in [-0.1, -0.05) is 30.3 Å². The number of halogens is 3. The van der Waals surface area contributed by atoms with Gasteiger partial charge in [-0.25, -0.2) is 13.2 Å². The zero-order valence-electron chi connectivity index (χ0n) is 17.7. The van der Waals surface area contributed by atoms with E-state index in [0.717, 1.165) is 0 Å². The third-order valence-corrected chi connectivity index (χ3v) is 6.63. The number of hydrogen-bond donors (Lipinski definition) is 2. The molecule has 34 heavy (non-hydrogen) atoms. The van der Waals surface area contributed by atoms with E-state index in [1.54, 1.807) is 35.8 Å². The molecule has 0 saturated carbocycles. The zero-order valence-corrected chi connectivity index (χ0v) is 18.5. The van der Waals surface area contributed by atoms with Crippen molar-refractivity contribution in [3.05, 3.63) is 65.7 Å². The van der Waals surface area contributed by atoms with Gasteiger partial charge in [-0.05, 0) is 29.8 Å². The molecule has 13 heteroatoms. The highest BCUT2D eigenvalue weighted by Crippen LogP contribution is 2.20. The molecule has 0 bridgehead atoms. The van der Waals surface area contributed by atoms with E-state index < -0.39 is 27.8 Å². The Kier molecular flexibility index (Phi) is 7.44. The SMILES string of the molecule is O=C(NNC(=O)C(F)(F)F)c1ccc(CN(C(=O)N2CCS(=O)(=O)CC2)c2ccccc2)cc1. The van der Waals surface area contributed by atoms with Crippen LogP contribution in [0.4, 0.5) is 23.7 Å². The van der Waals surface area contributed by atoms with Crippen LogP contribution in [0.25, 0.3) is 0 Å². The molecule has 1 aliphatic heterocycles. The van der Waals surface area contributed by atoms with Crippen molar-refractivity contribution in [1.82, 2.24) is 15.8 Å². The average molecular weight is 498 g/mol. The number of nitrogens with one attached hydrogen (secondary N) is 2. The van der Waals surface area contributed by atoms with Crippen molar-refractivity contribution >= 4 is 33.4 Å². The Labute approximate surface area is 193 Å². The molecule has 1 saturated heterocycles. The Bertz CT molecular complexity index is 1140. The number of benzene rings is 2. The van der Waals surface area contributed by atoms with E-state index in [4.69, 9.17) is 0 Å². The van der Waals surface area contributed by atoms with Gasteiger partial charge in [0.05, 0.1) is 18.1 Å². The van der Waals surface area contributed by atoms with Crippen LogP contribution in [0, 0.1) is 0 Å². The molecular weight excluding hydrogens is 477 g/mol. The Morgan fingerprint density at radius 1 is 0.912 bits per heavy atom. The van der Waals surface area contributed by atoms with Gasteiger partial charge in [-0.2, -0.15) is 13.2 Å². The Balaban J connectivity index is 1.71. The molecular formula is C21H21F3N4O5S. The van der Waals surface area contributed by atoms with Gasteiger partial charge >= 0.3 is 18.1 Å². The number of hydrazine groups is 1. The number of carbonyl (C=O) groups excluding carboxylic acids is 3. The summed E-state index contributed by atoms with van der Waals surface area (Å²) in [7, 11) is -3.17. The summed E-state index contributed by atoms with van der Waals surface area (Å²) in [6.45, 7) is 0.249. The molecule has 0 unspecified atom stereocenters. The second kappa shape index (κ2) is 10.1. The molecule has 1 fully saturated rings. The molecule has 182 valence electrons. The number of hydrogen-bond acceptors (Lipinski definition) is 5. The van der Waals surface area contributed by atoms with E-state index in [9.17, 15) is 36.0 Å². The first kappa shape index (κ1) is 25.0. The maximum Gasteiger partial charge on any atom is 0.472 e. The molecule has 9 nitrogen and oxygen atoms in total. The quantitative estimate of drug-likeness (QED) is 0.625. The van der Waals surface area contributed by atoms with Gasteiger partial charge in [0.1, 0.15) is 0 Å². The van der Waals surface area contributed by atoms with Crippen LogP contribution in [0.15, 0.2) is 54.6 Å². The van der Waals surface area contributed by atoms with Crippen molar-refractivity contribution in [3.63, 3.8) is 0 Å². The molecule has 0 atom stereocenters. The number of amides is 4. The van der Waals surface area contributed by atoms with Crippen molar-refractivity contribution in [2.24, 2.45) is 0 Å². The third kappa shape index (κ3) is 6.47. The largest absolute Gasteiger partial charge is 0.472 e. The fraction of sp³-hybridized carbons (Fsp3) is 0.286. The Hall–Kier alpha value is -3.61. The molecule has 1 aliphatic rings.